The van der Waals surface area contributed by atoms with Crippen LogP contribution in [0.2, 0.25) is 0 Å². The molecule has 0 bridgehead atoms. The van der Waals surface area contributed by atoms with E-state index in [4.69, 9.17) is 4.98 Å². The highest BCUT2D eigenvalue weighted by molar-refractivity contribution is 5.63. The minimum atomic E-state index is -5.10. The van der Waals surface area contributed by atoms with Crippen LogP contribution in [0.15, 0.2) is 60.7 Å². The number of aryl methyl sites for hydroxylation is 3. The maximum atomic E-state index is 14.0. The first-order valence-corrected chi connectivity index (χ1v) is 13.2. The summed E-state index contributed by atoms with van der Waals surface area (Å²) in [5.74, 6) is 0.865. The quantitative estimate of drug-likeness (QED) is 0.189. The van der Waals surface area contributed by atoms with Crippen LogP contribution in [-0.4, -0.2) is 40.0 Å². The van der Waals surface area contributed by atoms with Crippen LogP contribution in [0.25, 0.3) is 17.2 Å². The topological polar surface area (TPSA) is 90.1 Å². The minimum absolute atomic E-state index is 0.0615. The van der Waals surface area contributed by atoms with E-state index < -0.39 is 35.1 Å². The highest BCUT2D eigenvalue weighted by atomic mass is 19.4. The van der Waals surface area contributed by atoms with Crippen LogP contribution in [0.5, 0.6) is 0 Å². The summed E-state index contributed by atoms with van der Waals surface area (Å²) in [7, 11) is 0. The number of nitrogens with zero attached hydrogens (tertiary/aromatic N) is 7. The van der Waals surface area contributed by atoms with E-state index in [9.17, 15) is 26.3 Å². The molecule has 14 heteroatoms. The molecule has 0 saturated carbocycles. The minimum Gasteiger partial charge on any atom is -0.302 e. The Morgan fingerprint density at radius 2 is 1.57 bits per heavy atom. The second-order valence-corrected chi connectivity index (χ2v) is 9.72. The van der Waals surface area contributed by atoms with Crippen molar-refractivity contribution in [1.82, 2.24) is 40.0 Å². The van der Waals surface area contributed by atoms with Crippen LogP contribution in [0, 0.1) is 0 Å². The number of H-pyrrole nitrogens is 1. The number of rotatable bonds is 10. The molecule has 5 aromatic rings. The van der Waals surface area contributed by atoms with Gasteiger partial charge in [0.1, 0.15) is 17.2 Å². The first kappa shape index (κ1) is 29.0. The molecule has 1 N–H and O–H groups in total. The first-order valence-electron chi connectivity index (χ1n) is 13.2. The van der Waals surface area contributed by atoms with Gasteiger partial charge in [-0.1, -0.05) is 55.8 Å². The fraction of sp³-hybridized carbons (Fsp3) is 0.321. The normalized spacial score (nSPS) is 12.3. The monoisotopic (exact) mass is 588 g/mol. The van der Waals surface area contributed by atoms with Crippen LogP contribution >= 0.6 is 0 Å². The summed E-state index contributed by atoms with van der Waals surface area (Å²) in [5.41, 5.74) is -2.19. The Hall–Kier alpha value is -4.49. The molecule has 0 radical (unpaired) electrons. The molecule has 3 aromatic heterocycles. The van der Waals surface area contributed by atoms with Crippen molar-refractivity contribution in [2.24, 2.45) is 0 Å². The van der Waals surface area contributed by atoms with Crippen LogP contribution in [0.4, 0.5) is 26.3 Å². The molecule has 3 heterocycles. The van der Waals surface area contributed by atoms with Gasteiger partial charge in [-0.05, 0) is 47.4 Å². The zero-order chi connectivity index (χ0) is 29.9. The van der Waals surface area contributed by atoms with E-state index in [0.717, 1.165) is 30.7 Å². The van der Waals surface area contributed by atoms with E-state index in [0.29, 0.717) is 35.3 Å². The first-order chi connectivity index (χ1) is 20.0. The van der Waals surface area contributed by atoms with Crippen molar-refractivity contribution in [1.29, 1.82) is 0 Å². The van der Waals surface area contributed by atoms with E-state index in [1.807, 2.05) is 35.5 Å². The molecular weight excluding hydrogens is 562 g/mol. The van der Waals surface area contributed by atoms with Crippen LogP contribution in [0.1, 0.15) is 53.8 Å². The van der Waals surface area contributed by atoms with Gasteiger partial charge < -0.3 is 4.57 Å². The molecule has 0 fully saturated rings. The Bertz CT molecular complexity index is 1600. The van der Waals surface area contributed by atoms with Gasteiger partial charge in [0.2, 0.25) is 5.82 Å². The largest absolute Gasteiger partial charge is 0.431 e. The van der Waals surface area contributed by atoms with Gasteiger partial charge in [-0.3, -0.25) is 0 Å². The SMILES string of the molecule is CCCCc1nc(CCc2ccccc2)nn1Cc1ccc(-n2c(C(F)(F)F)cc(C(F)(F)F)c2-c2nn[nH]n2)cc1. The zero-order valence-electron chi connectivity index (χ0n) is 22.4. The molecule has 5 rings (SSSR count). The molecular formula is C28H26F6N8. The van der Waals surface area contributed by atoms with Gasteiger partial charge in [-0.25, -0.2) is 9.67 Å². The molecule has 0 amide bonds. The number of benzene rings is 2. The predicted octanol–water partition coefficient (Wildman–Crippen LogP) is 6.46. The molecule has 0 spiro atoms. The van der Waals surface area contributed by atoms with Crippen LogP contribution in [0.3, 0.4) is 0 Å². The van der Waals surface area contributed by atoms with E-state index in [1.165, 1.54) is 12.1 Å². The molecule has 42 heavy (non-hydrogen) atoms. The molecule has 0 saturated heterocycles. The number of halogens is 6. The Morgan fingerprint density at radius 1 is 0.833 bits per heavy atom. The van der Waals surface area contributed by atoms with Gasteiger partial charge in [-0.2, -0.15) is 36.7 Å². The van der Waals surface area contributed by atoms with Crippen molar-refractivity contribution in [2.75, 3.05) is 0 Å². The lowest BCUT2D eigenvalue weighted by atomic mass is 10.1. The highest BCUT2D eigenvalue weighted by Gasteiger charge is 2.45. The highest BCUT2D eigenvalue weighted by Crippen LogP contribution is 2.44. The van der Waals surface area contributed by atoms with E-state index >= 15 is 0 Å². The lowest BCUT2D eigenvalue weighted by Crippen LogP contribution is -2.14. The van der Waals surface area contributed by atoms with Crippen molar-refractivity contribution in [2.45, 2.75) is 57.9 Å². The van der Waals surface area contributed by atoms with Crippen molar-refractivity contribution in [3.63, 3.8) is 0 Å². The number of aromatic nitrogens is 8. The van der Waals surface area contributed by atoms with Crippen LogP contribution < -0.4 is 0 Å². The summed E-state index contributed by atoms with van der Waals surface area (Å²) in [4.78, 5) is 4.72. The number of nitrogens with one attached hydrogen (secondary N) is 1. The summed E-state index contributed by atoms with van der Waals surface area (Å²) in [6.07, 6.45) is -6.20. The van der Waals surface area contributed by atoms with Gasteiger partial charge in [0.05, 0.1) is 12.1 Å². The van der Waals surface area contributed by atoms with Gasteiger partial charge in [0.25, 0.3) is 0 Å². The summed E-state index contributed by atoms with van der Waals surface area (Å²) < 4.78 is 85.7. The lowest BCUT2D eigenvalue weighted by Gasteiger charge is -2.15. The fourth-order valence-electron chi connectivity index (χ4n) is 4.69. The Morgan fingerprint density at radius 3 is 2.19 bits per heavy atom. The fourth-order valence-corrected chi connectivity index (χ4v) is 4.69. The molecule has 0 atom stereocenters. The molecule has 2 aromatic carbocycles. The van der Waals surface area contributed by atoms with Gasteiger partial charge in [0, 0.05) is 18.5 Å². The number of alkyl halides is 6. The van der Waals surface area contributed by atoms with Crippen molar-refractivity contribution >= 4 is 0 Å². The average Bonchev–Trinajstić information content (AvgIpc) is 3.70. The third-order valence-electron chi connectivity index (χ3n) is 6.71. The van der Waals surface area contributed by atoms with Gasteiger partial charge >= 0.3 is 12.4 Å². The number of hydrogen-bond acceptors (Lipinski definition) is 5. The number of aromatic amines is 1. The molecule has 8 nitrogen and oxygen atoms in total. The average molecular weight is 589 g/mol. The number of hydrogen-bond donors (Lipinski definition) is 1. The van der Waals surface area contributed by atoms with E-state index in [2.05, 4.69) is 27.4 Å². The molecule has 0 aliphatic carbocycles. The smallest absolute Gasteiger partial charge is 0.302 e. The zero-order valence-corrected chi connectivity index (χ0v) is 22.4. The summed E-state index contributed by atoms with van der Waals surface area (Å²) in [6.45, 7) is 2.36. The van der Waals surface area contributed by atoms with Crippen molar-refractivity contribution < 1.29 is 26.3 Å². The number of tetrazole rings is 1. The van der Waals surface area contributed by atoms with Crippen LogP contribution in [-0.2, 0) is 38.2 Å². The molecule has 0 aliphatic heterocycles. The summed E-state index contributed by atoms with van der Waals surface area (Å²) >= 11 is 0. The third kappa shape index (κ3) is 6.37. The van der Waals surface area contributed by atoms with Gasteiger partial charge in [0.15, 0.2) is 5.82 Å². The maximum absolute atomic E-state index is 14.0. The second kappa shape index (κ2) is 11.8. The Balaban J connectivity index is 1.47. The van der Waals surface area contributed by atoms with Crippen molar-refractivity contribution in [3.8, 4) is 17.2 Å². The Kier molecular flexibility index (Phi) is 8.14. The van der Waals surface area contributed by atoms with Crippen molar-refractivity contribution in [3.05, 3.63) is 94.7 Å². The predicted molar refractivity (Wildman–Crippen MR) is 141 cm³/mol. The van der Waals surface area contributed by atoms with E-state index in [1.54, 1.807) is 16.8 Å². The molecule has 0 aliphatic rings. The lowest BCUT2D eigenvalue weighted by molar-refractivity contribution is -0.143. The number of unbranched alkanes of at least 4 members (excludes halogenated alkanes) is 1. The van der Waals surface area contributed by atoms with E-state index in [-0.39, 0.29) is 11.8 Å². The van der Waals surface area contributed by atoms with Gasteiger partial charge in [-0.15, -0.1) is 10.2 Å². The summed E-state index contributed by atoms with van der Waals surface area (Å²) in [5, 5.41) is 17.0. The maximum Gasteiger partial charge on any atom is 0.431 e. The molecule has 0 unspecified atom stereocenters. The Labute approximate surface area is 236 Å². The third-order valence-corrected chi connectivity index (χ3v) is 6.71. The standard InChI is InChI=1S/C28H26F6N8/c1-2-3-9-24-35-23(15-12-18-7-5-4-6-8-18)38-41(24)17-19-10-13-20(14-11-19)42-22(28(32,33)34)16-21(27(29,30)31)25(42)26-36-39-40-37-26/h4-8,10-11,13-14,16H,2-3,9,12,15,17H2,1H3,(H,36,37,39,40). The second-order valence-electron chi connectivity index (χ2n) is 9.72. The molecule has 220 valence electrons. The summed E-state index contributed by atoms with van der Waals surface area (Å²) in [6, 6.07) is 15.8.